The van der Waals surface area contributed by atoms with Gasteiger partial charge in [0, 0.05) is 17.8 Å². The van der Waals surface area contributed by atoms with Gasteiger partial charge in [-0.25, -0.2) is 0 Å². The normalized spacial score (nSPS) is 49.3. The van der Waals surface area contributed by atoms with Crippen LogP contribution in [0.15, 0.2) is 11.6 Å². The molecule has 1 N–H and O–H groups in total. The average Bonchev–Trinajstić information content (AvgIpc) is 2.75. The van der Waals surface area contributed by atoms with E-state index in [4.69, 9.17) is 4.74 Å². The Bertz CT molecular complexity index is 467. The molecule has 7 atom stereocenters. The molecule has 104 valence electrons. The second-order valence-corrected chi connectivity index (χ2v) is 6.33. The molecule has 3 rings (SSSR count). The van der Waals surface area contributed by atoms with Crippen molar-refractivity contribution in [3.05, 3.63) is 11.6 Å². The highest BCUT2D eigenvalue weighted by atomic mass is 16.6. The van der Waals surface area contributed by atoms with E-state index in [0.29, 0.717) is 6.42 Å². The minimum atomic E-state index is -0.663. The molecule has 0 amide bonds. The smallest absolute Gasteiger partial charge is 0.309 e. The number of esters is 1. The molecule has 1 saturated heterocycles. The molecule has 0 aromatic carbocycles. The van der Waals surface area contributed by atoms with E-state index in [2.05, 4.69) is 6.92 Å². The monoisotopic (exact) mass is 264 g/mol. The highest BCUT2D eigenvalue weighted by Gasteiger charge is 2.54. The van der Waals surface area contributed by atoms with E-state index >= 15 is 0 Å². The van der Waals surface area contributed by atoms with Crippen molar-refractivity contribution >= 4 is 11.8 Å². The fourth-order valence-electron chi connectivity index (χ4n) is 4.08. The molecule has 0 spiro atoms. The summed E-state index contributed by atoms with van der Waals surface area (Å²) in [4.78, 5) is 23.6. The molecule has 7 unspecified atom stereocenters. The van der Waals surface area contributed by atoms with Gasteiger partial charge in [0.15, 0.2) is 5.78 Å². The molecule has 4 nitrogen and oxygen atoms in total. The fraction of sp³-hybridized carbons (Fsp3) is 0.733. The highest BCUT2D eigenvalue weighted by Crippen LogP contribution is 2.48. The first-order valence-electron chi connectivity index (χ1n) is 7.05. The van der Waals surface area contributed by atoms with Crippen LogP contribution >= 0.6 is 0 Å². The summed E-state index contributed by atoms with van der Waals surface area (Å²) in [6, 6.07) is 0. The number of aliphatic hydroxyl groups excluding tert-OH is 1. The average molecular weight is 264 g/mol. The highest BCUT2D eigenvalue weighted by molar-refractivity contribution is 5.95. The summed E-state index contributed by atoms with van der Waals surface area (Å²) >= 11 is 0. The van der Waals surface area contributed by atoms with Crippen molar-refractivity contribution in [3.63, 3.8) is 0 Å². The van der Waals surface area contributed by atoms with Crippen molar-refractivity contribution < 1.29 is 19.4 Å². The molecule has 0 aromatic rings. The Balaban J connectivity index is 2.01. The molecule has 0 radical (unpaired) electrons. The molecular weight excluding hydrogens is 244 g/mol. The lowest BCUT2D eigenvalue weighted by Gasteiger charge is -2.29. The van der Waals surface area contributed by atoms with Crippen LogP contribution in [0.5, 0.6) is 0 Å². The summed E-state index contributed by atoms with van der Waals surface area (Å²) in [6.45, 7) is 5.74. The Morgan fingerprint density at radius 1 is 1.21 bits per heavy atom. The SMILES string of the molecule is CC1CC2OC(=O)C(C)C2C(O)C2C1=CC(=O)C2C. The van der Waals surface area contributed by atoms with Gasteiger partial charge in [0.25, 0.3) is 0 Å². The number of hydrogen-bond donors (Lipinski definition) is 1. The maximum absolute atomic E-state index is 11.9. The third-order valence-electron chi connectivity index (χ3n) is 5.24. The van der Waals surface area contributed by atoms with Crippen molar-refractivity contribution in [3.8, 4) is 0 Å². The van der Waals surface area contributed by atoms with Gasteiger partial charge in [-0.3, -0.25) is 9.59 Å². The largest absolute Gasteiger partial charge is 0.462 e. The Kier molecular flexibility index (Phi) is 2.82. The van der Waals surface area contributed by atoms with E-state index in [-0.39, 0.29) is 47.4 Å². The summed E-state index contributed by atoms with van der Waals surface area (Å²) in [5, 5.41) is 10.7. The van der Waals surface area contributed by atoms with Crippen LogP contribution in [0.3, 0.4) is 0 Å². The molecule has 19 heavy (non-hydrogen) atoms. The van der Waals surface area contributed by atoms with Crippen LogP contribution in [-0.4, -0.2) is 29.1 Å². The number of carbonyl (C=O) groups excluding carboxylic acids is 2. The predicted molar refractivity (Wildman–Crippen MR) is 68.1 cm³/mol. The van der Waals surface area contributed by atoms with E-state index in [9.17, 15) is 14.7 Å². The van der Waals surface area contributed by atoms with Gasteiger partial charge in [-0.05, 0) is 18.4 Å². The molecule has 2 fully saturated rings. The molecule has 4 heteroatoms. The lowest BCUT2D eigenvalue weighted by Crippen LogP contribution is -2.38. The number of rotatable bonds is 0. The molecular formula is C15H20O4. The first-order chi connectivity index (χ1) is 8.91. The Morgan fingerprint density at radius 2 is 1.89 bits per heavy atom. The molecule has 3 aliphatic rings. The summed E-state index contributed by atoms with van der Waals surface area (Å²) in [6.07, 6.45) is 1.54. The minimum Gasteiger partial charge on any atom is -0.462 e. The zero-order valence-electron chi connectivity index (χ0n) is 11.5. The number of allylic oxidation sites excluding steroid dienone is 1. The Morgan fingerprint density at radius 3 is 2.58 bits per heavy atom. The predicted octanol–water partition coefficient (Wildman–Crippen LogP) is 1.33. The summed E-state index contributed by atoms with van der Waals surface area (Å²) in [5.41, 5.74) is 1.04. The van der Waals surface area contributed by atoms with Gasteiger partial charge in [-0.1, -0.05) is 26.3 Å². The summed E-state index contributed by atoms with van der Waals surface area (Å²) in [5.74, 6) is -0.730. The quantitative estimate of drug-likeness (QED) is 0.670. The van der Waals surface area contributed by atoms with E-state index < -0.39 is 6.10 Å². The van der Waals surface area contributed by atoms with Crippen LogP contribution in [0.1, 0.15) is 27.2 Å². The van der Waals surface area contributed by atoms with Gasteiger partial charge in [0.1, 0.15) is 6.10 Å². The zero-order chi connectivity index (χ0) is 13.9. The standard InChI is InChI=1S/C15H20O4/c1-6-4-11-13(8(3)15(18)19-11)14(17)12-7(2)10(16)5-9(6)12/h5-8,11-14,17H,4H2,1-3H3. The van der Waals surface area contributed by atoms with Crippen molar-refractivity contribution in [1.82, 2.24) is 0 Å². The first-order valence-corrected chi connectivity index (χ1v) is 7.05. The minimum absolute atomic E-state index is 0.0993. The van der Waals surface area contributed by atoms with Crippen LogP contribution in [0.4, 0.5) is 0 Å². The molecule has 0 aromatic heterocycles. The van der Waals surface area contributed by atoms with E-state index in [1.54, 1.807) is 6.08 Å². The first kappa shape index (κ1) is 12.9. The van der Waals surface area contributed by atoms with Crippen molar-refractivity contribution in [2.75, 3.05) is 0 Å². The molecule has 1 saturated carbocycles. The van der Waals surface area contributed by atoms with Crippen molar-refractivity contribution in [1.29, 1.82) is 0 Å². The Hall–Kier alpha value is -1.16. The van der Waals surface area contributed by atoms with Crippen LogP contribution in [0, 0.1) is 29.6 Å². The zero-order valence-corrected chi connectivity index (χ0v) is 11.5. The number of ether oxygens (including phenoxy) is 1. The third-order valence-corrected chi connectivity index (χ3v) is 5.24. The number of hydrogen-bond acceptors (Lipinski definition) is 4. The van der Waals surface area contributed by atoms with Crippen LogP contribution < -0.4 is 0 Å². The molecule has 0 bridgehead atoms. The van der Waals surface area contributed by atoms with E-state index in [1.807, 2.05) is 13.8 Å². The second kappa shape index (κ2) is 4.17. The van der Waals surface area contributed by atoms with Gasteiger partial charge in [0.05, 0.1) is 12.0 Å². The van der Waals surface area contributed by atoms with E-state index in [0.717, 1.165) is 5.57 Å². The summed E-state index contributed by atoms with van der Waals surface area (Å²) in [7, 11) is 0. The maximum Gasteiger partial charge on any atom is 0.309 e. The lowest BCUT2D eigenvalue weighted by molar-refractivity contribution is -0.144. The van der Waals surface area contributed by atoms with Crippen LogP contribution in [-0.2, 0) is 14.3 Å². The van der Waals surface area contributed by atoms with Crippen molar-refractivity contribution in [2.24, 2.45) is 29.6 Å². The molecule has 1 heterocycles. The third kappa shape index (κ3) is 1.69. The summed E-state index contributed by atoms with van der Waals surface area (Å²) < 4.78 is 5.41. The molecule has 1 aliphatic heterocycles. The van der Waals surface area contributed by atoms with Gasteiger partial charge >= 0.3 is 5.97 Å². The van der Waals surface area contributed by atoms with Gasteiger partial charge in [0.2, 0.25) is 0 Å². The van der Waals surface area contributed by atoms with Crippen LogP contribution in [0.25, 0.3) is 0 Å². The number of carbonyl (C=O) groups is 2. The van der Waals surface area contributed by atoms with Gasteiger partial charge < -0.3 is 9.84 Å². The Labute approximate surface area is 112 Å². The van der Waals surface area contributed by atoms with Gasteiger partial charge in [-0.2, -0.15) is 0 Å². The maximum atomic E-state index is 11.9. The fourth-order valence-corrected chi connectivity index (χ4v) is 4.08. The number of ketones is 1. The topological polar surface area (TPSA) is 63.6 Å². The second-order valence-electron chi connectivity index (χ2n) is 6.33. The van der Waals surface area contributed by atoms with Crippen molar-refractivity contribution in [2.45, 2.75) is 39.4 Å². The number of fused-ring (bicyclic) bond motifs is 2. The molecule has 2 aliphatic carbocycles. The number of aliphatic hydroxyl groups is 1. The van der Waals surface area contributed by atoms with Crippen LogP contribution in [0.2, 0.25) is 0 Å². The van der Waals surface area contributed by atoms with Gasteiger partial charge in [-0.15, -0.1) is 0 Å². The van der Waals surface area contributed by atoms with E-state index in [1.165, 1.54) is 0 Å². The lowest BCUT2D eigenvalue weighted by atomic mass is 9.77.